The lowest BCUT2D eigenvalue weighted by atomic mass is 10.1. The average Bonchev–Trinajstić information content (AvgIpc) is 2.95. The first-order chi connectivity index (χ1) is 10.3. The predicted octanol–water partition coefficient (Wildman–Crippen LogP) is 4.48. The lowest BCUT2D eigenvalue weighted by Crippen LogP contribution is -2.04. The summed E-state index contributed by atoms with van der Waals surface area (Å²) >= 11 is 1.50. The molecule has 1 aromatic heterocycles. The molecule has 1 heterocycles. The SMILES string of the molecule is CCCCCCCCCCSc1nnc(C(=O)OCC)o1. The number of rotatable bonds is 12. The number of hydrogen-bond donors (Lipinski definition) is 0. The van der Waals surface area contributed by atoms with E-state index in [2.05, 4.69) is 17.1 Å². The molecule has 0 N–H and O–H groups in total. The summed E-state index contributed by atoms with van der Waals surface area (Å²) in [5.74, 6) is 0.332. The second-order valence-electron chi connectivity index (χ2n) is 4.92. The summed E-state index contributed by atoms with van der Waals surface area (Å²) < 4.78 is 10.0. The molecule has 120 valence electrons. The fourth-order valence-electron chi connectivity index (χ4n) is 1.94. The van der Waals surface area contributed by atoms with Crippen molar-refractivity contribution >= 4 is 17.7 Å². The van der Waals surface area contributed by atoms with Crippen molar-refractivity contribution in [2.75, 3.05) is 12.4 Å². The number of hydrogen-bond acceptors (Lipinski definition) is 6. The maximum atomic E-state index is 11.4. The molecule has 6 heteroatoms. The lowest BCUT2D eigenvalue weighted by Gasteiger charge is -2.00. The van der Waals surface area contributed by atoms with Crippen LogP contribution in [0.5, 0.6) is 0 Å². The molecule has 0 fully saturated rings. The molecular formula is C15H26N2O3S. The van der Waals surface area contributed by atoms with E-state index in [-0.39, 0.29) is 5.89 Å². The third-order valence-corrected chi connectivity index (χ3v) is 3.98. The number of ether oxygens (including phenoxy) is 1. The molecule has 0 aliphatic heterocycles. The highest BCUT2D eigenvalue weighted by atomic mass is 32.2. The van der Waals surface area contributed by atoms with E-state index >= 15 is 0 Å². The van der Waals surface area contributed by atoms with E-state index in [1.54, 1.807) is 6.92 Å². The summed E-state index contributed by atoms with van der Waals surface area (Å²) in [6.45, 7) is 4.29. The number of carbonyl (C=O) groups excluding carboxylic acids is 1. The Balaban J connectivity index is 2.04. The zero-order chi connectivity index (χ0) is 15.3. The second-order valence-corrected chi connectivity index (χ2v) is 5.96. The van der Waals surface area contributed by atoms with Crippen LogP contribution in [0, 0.1) is 0 Å². The largest absolute Gasteiger partial charge is 0.459 e. The van der Waals surface area contributed by atoms with Gasteiger partial charge in [-0.15, -0.1) is 5.10 Å². The van der Waals surface area contributed by atoms with Crippen molar-refractivity contribution in [3.63, 3.8) is 0 Å². The van der Waals surface area contributed by atoms with Gasteiger partial charge < -0.3 is 9.15 Å². The summed E-state index contributed by atoms with van der Waals surface area (Å²) in [6.07, 6.45) is 10.4. The Labute approximate surface area is 131 Å². The Kier molecular flexibility index (Phi) is 9.95. The van der Waals surface area contributed by atoms with E-state index in [4.69, 9.17) is 9.15 Å². The van der Waals surface area contributed by atoms with E-state index in [0.717, 1.165) is 12.2 Å². The minimum atomic E-state index is -0.552. The highest BCUT2D eigenvalue weighted by molar-refractivity contribution is 7.99. The van der Waals surface area contributed by atoms with Gasteiger partial charge in [-0.05, 0) is 13.3 Å². The highest BCUT2D eigenvalue weighted by Crippen LogP contribution is 2.19. The summed E-state index contributed by atoms with van der Waals surface area (Å²) in [7, 11) is 0. The van der Waals surface area contributed by atoms with E-state index in [9.17, 15) is 4.79 Å². The molecule has 0 amide bonds. The van der Waals surface area contributed by atoms with Crippen LogP contribution in [0.1, 0.15) is 75.9 Å². The van der Waals surface area contributed by atoms with Gasteiger partial charge in [0.2, 0.25) is 0 Å². The molecule has 0 radical (unpaired) electrons. The van der Waals surface area contributed by atoms with Gasteiger partial charge in [0, 0.05) is 5.75 Å². The highest BCUT2D eigenvalue weighted by Gasteiger charge is 2.15. The maximum Gasteiger partial charge on any atom is 0.396 e. The summed E-state index contributed by atoms with van der Waals surface area (Å²) in [6, 6.07) is 0. The van der Waals surface area contributed by atoms with Crippen LogP contribution in [0.15, 0.2) is 9.64 Å². The average molecular weight is 314 g/mol. The molecule has 0 saturated heterocycles. The number of thioether (sulfide) groups is 1. The van der Waals surface area contributed by atoms with Crippen molar-refractivity contribution < 1.29 is 13.9 Å². The summed E-state index contributed by atoms with van der Waals surface area (Å²) in [4.78, 5) is 11.4. The van der Waals surface area contributed by atoms with Crippen LogP contribution in [0.25, 0.3) is 0 Å². The van der Waals surface area contributed by atoms with Crippen LogP contribution in [0.3, 0.4) is 0 Å². The molecule has 5 nitrogen and oxygen atoms in total. The number of nitrogens with zero attached hydrogens (tertiary/aromatic N) is 2. The van der Waals surface area contributed by atoms with Gasteiger partial charge in [-0.3, -0.25) is 0 Å². The number of aromatic nitrogens is 2. The van der Waals surface area contributed by atoms with E-state index < -0.39 is 5.97 Å². The zero-order valence-corrected chi connectivity index (χ0v) is 13.9. The molecule has 0 atom stereocenters. The molecule has 0 spiro atoms. The number of unbranched alkanes of at least 4 members (excludes halogenated alkanes) is 7. The molecule has 0 aliphatic carbocycles. The first-order valence-electron chi connectivity index (χ1n) is 7.91. The van der Waals surface area contributed by atoms with Gasteiger partial charge in [0.1, 0.15) is 0 Å². The van der Waals surface area contributed by atoms with E-state index in [1.165, 1.54) is 56.7 Å². The summed E-state index contributed by atoms with van der Waals surface area (Å²) in [5.41, 5.74) is 0. The molecule has 21 heavy (non-hydrogen) atoms. The molecular weight excluding hydrogens is 288 g/mol. The van der Waals surface area contributed by atoms with Gasteiger partial charge in [-0.2, -0.15) is 0 Å². The molecule has 0 saturated carbocycles. The number of esters is 1. The summed E-state index contributed by atoms with van der Waals surface area (Å²) in [5, 5.41) is 7.96. The zero-order valence-electron chi connectivity index (χ0n) is 13.1. The monoisotopic (exact) mass is 314 g/mol. The van der Waals surface area contributed by atoms with E-state index in [0.29, 0.717) is 11.8 Å². The third-order valence-electron chi connectivity index (χ3n) is 3.08. The molecule has 0 aromatic carbocycles. The molecule has 1 rings (SSSR count). The van der Waals surface area contributed by atoms with E-state index in [1.807, 2.05) is 0 Å². The van der Waals surface area contributed by atoms with Crippen molar-refractivity contribution in [3.05, 3.63) is 5.89 Å². The normalized spacial score (nSPS) is 10.8. The lowest BCUT2D eigenvalue weighted by molar-refractivity contribution is 0.0475. The van der Waals surface area contributed by atoms with Crippen LogP contribution in [-0.2, 0) is 4.74 Å². The standard InChI is InChI=1S/C15H26N2O3S/c1-3-5-6-7-8-9-10-11-12-21-15-17-16-13(20-15)14(18)19-4-2/h3-12H2,1-2H3. The maximum absolute atomic E-state index is 11.4. The second kappa shape index (κ2) is 11.6. The van der Waals surface area contributed by atoms with Crippen molar-refractivity contribution in [2.24, 2.45) is 0 Å². The smallest absolute Gasteiger partial charge is 0.396 e. The fraction of sp³-hybridized carbons (Fsp3) is 0.800. The molecule has 1 aromatic rings. The minimum Gasteiger partial charge on any atom is -0.459 e. The van der Waals surface area contributed by atoms with Crippen LogP contribution in [0.2, 0.25) is 0 Å². The van der Waals surface area contributed by atoms with Gasteiger partial charge in [0.15, 0.2) is 0 Å². The third kappa shape index (κ3) is 8.09. The van der Waals surface area contributed by atoms with Crippen LogP contribution >= 0.6 is 11.8 Å². The van der Waals surface area contributed by atoms with Crippen molar-refractivity contribution in [3.8, 4) is 0 Å². The first kappa shape index (κ1) is 18.0. The Hall–Kier alpha value is -1.04. The Morgan fingerprint density at radius 1 is 1.05 bits per heavy atom. The Morgan fingerprint density at radius 2 is 1.71 bits per heavy atom. The molecule has 0 bridgehead atoms. The van der Waals surface area contributed by atoms with Gasteiger partial charge in [0.05, 0.1) is 6.61 Å². The van der Waals surface area contributed by atoms with Crippen LogP contribution in [0.4, 0.5) is 0 Å². The van der Waals surface area contributed by atoms with Crippen LogP contribution in [-0.4, -0.2) is 28.5 Å². The molecule has 0 unspecified atom stereocenters. The molecule has 0 aliphatic rings. The van der Waals surface area contributed by atoms with Gasteiger partial charge in [0.25, 0.3) is 5.22 Å². The topological polar surface area (TPSA) is 65.2 Å². The predicted molar refractivity (Wildman–Crippen MR) is 83.6 cm³/mol. The van der Waals surface area contributed by atoms with Gasteiger partial charge >= 0.3 is 11.9 Å². The first-order valence-corrected chi connectivity index (χ1v) is 8.89. The minimum absolute atomic E-state index is 0.0599. The van der Waals surface area contributed by atoms with Crippen molar-refractivity contribution in [1.82, 2.24) is 10.2 Å². The quantitative estimate of drug-likeness (QED) is 0.322. The van der Waals surface area contributed by atoms with Crippen LogP contribution < -0.4 is 0 Å². The van der Waals surface area contributed by atoms with Crippen molar-refractivity contribution in [1.29, 1.82) is 0 Å². The fourth-order valence-corrected chi connectivity index (χ4v) is 2.70. The Morgan fingerprint density at radius 3 is 2.38 bits per heavy atom. The van der Waals surface area contributed by atoms with Gasteiger partial charge in [-0.1, -0.05) is 68.7 Å². The number of carbonyl (C=O) groups is 1. The Bertz CT molecular complexity index is 396. The van der Waals surface area contributed by atoms with Gasteiger partial charge in [-0.25, -0.2) is 4.79 Å². The van der Waals surface area contributed by atoms with Crippen molar-refractivity contribution in [2.45, 2.75) is 70.4 Å².